The number of thiophene rings is 1. The first-order chi connectivity index (χ1) is 29.2. The highest BCUT2D eigenvalue weighted by molar-refractivity contribution is 7.26. The molecular formula is C56H35NOS. The predicted molar refractivity (Wildman–Crippen MR) is 253 cm³/mol. The molecule has 2 heterocycles. The summed E-state index contributed by atoms with van der Waals surface area (Å²) in [5.74, 6) is 0. The second-order valence-electron chi connectivity index (χ2n) is 15.2. The van der Waals surface area contributed by atoms with Crippen LogP contribution in [-0.2, 0) is 0 Å². The second kappa shape index (κ2) is 13.6. The van der Waals surface area contributed by atoms with Crippen molar-refractivity contribution in [2.75, 3.05) is 4.90 Å². The van der Waals surface area contributed by atoms with Gasteiger partial charge in [0.1, 0.15) is 11.2 Å². The maximum Gasteiger partial charge on any atom is 0.136 e. The fourth-order valence-electron chi connectivity index (χ4n) is 9.09. The Bertz CT molecular complexity index is 3550. The Kier molecular flexibility index (Phi) is 7.75. The lowest BCUT2D eigenvalue weighted by Gasteiger charge is -2.28. The molecule has 0 N–H and O–H groups in total. The first-order valence-corrected chi connectivity index (χ1v) is 20.9. The van der Waals surface area contributed by atoms with Gasteiger partial charge >= 0.3 is 0 Å². The molecule has 0 spiro atoms. The third-order valence-electron chi connectivity index (χ3n) is 11.9. The van der Waals surface area contributed by atoms with Crippen molar-refractivity contribution in [2.24, 2.45) is 0 Å². The van der Waals surface area contributed by atoms with Crippen LogP contribution in [0.1, 0.15) is 0 Å². The van der Waals surface area contributed by atoms with Crippen LogP contribution >= 0.6 is 11.3 Å². The number of benzene rings is 10. The summed E-state index contributed by atoms with van der Waals surface area (Å²) in [6, 6.07) is 76.9. The maximum absolute atomic E-state index is 6.57. The molecule has 0 atom stereocenters. The van der Waals surface area contributed by atoms with E-state index >= 15 is 0 Å². The Morgan fingerprint density at radius 2 is 0.915 bits per heavy atom. The fraction of sp³-hybridized carbons (Fsp3) is 0. The van der Waals surface area contributed by atoms with Gasteiger partial charge in [-0.15, -0.1) is 11.3 Å². The normalized spacial score (nSPS) is 11.7. The Morgan fingerprint density at radius 1 is 0.356 bits per heavy atom. The summed E-state index contributed by atoms with van der Waals surface area (Å²) >= 11 is 1.87. The standard InChI is InChI=1S/C56H35NOS/c1-2-14-40-35-53-50(34-39(40)13-1)55-48(21-11-24-52(55)58-53)46-17-5-7-23-51(46)57(41-30-26-37(27-31-41)44-19-9-15-36-12-3-4-16-43(36)44)42-32-28-38(29-33-42)45-20-10-22-49-47-18-6-8-25-54(47)59-56(45)49/h1-35H. The Hall–Kier alpha value is -7.46. The summed E-state index contributed by atoms with van der Waals surface area (Å²) in [6.45, 7) is 0. The Balaban J connectivity index is 1.04. The van der Waals surface area contributed by atoms with Gasteiger partial charge in [0, 0.05) is 47.9 Å². The molecule has 0 bridgehead atoms. The summed E-state index contributed by atoms with van der Waals surface area (Å²) in [6.07, 6.45) is 0. The number of nitrogens with zero attached hydrogens (tertiary/aromatic N) is 1. The van der Waals surface area contributed by atoms with Crippen LogP contribution in [0.2, 0.25) is 0 Å². The van der Waals surface area contributed by atoms with Crippen molar-refractivity contribution in [1.82, 2.24) is 0 Å². The minimum absolute atomic E-state index is 0.883. The molecule has 3 heteroatoms. The zero-order chi connectivity index (χ0) is 38.9. The van der Waals surface area contributed by atoms with E-state index in [1.807, 2.05) is 11.3 Å². The molecule has 276 valence electrons. The van der Waals surface area contributed by atoms with Crippen LogP contribution in [0.25, 0.3) is 97.0 Å². The van der Waals surface area contributed by atoms with E-state index in [9.17, 15) is 0 Å². The number of furan rings is 1. The van der Waals surface area contributed by atoms with E-state index in [4.69, 9.17) is 4.42 Å². The van der Waals surface area contributed by atoms with Crippen LogP contribution in [0.4, 0.5) is 17.1 Å². The topological polar surface area (TPSA) is 16.4 Å². The number of para-hydroxylation sites is 1. The maximum atomic E-state index is 6.57. The molecule has 12 aromatic rings. The van der Waals surface area contributed by atoms with Gasteiger partial charge in [0.2, 0.25) is 0 Å². The molecule has 0 saturated carbocycles. The molecule has 10 aromatic carbocycles. The lowest BCUT2D eigenvalue weighted by molar-refractivity contribution is 0.669. The largest absolute Gasteiger partial charge is 0.456 e. The molecule has 59 heavy (non-hydrogen) atoms. The van der Waals surface area contributed by atoms with Crippen LogP contribution in [0.3, 0.4) is 0 Å². The van der Waals surface area contributed by atoms with Crippen molar-refractivity contribution in [2.45, 2.75) is 0 Å². The molecule has 12 rings (SSSR count). The molecule has 0 amide bonds. The monoisotopic (exact) mass is 769 g/mol. The highest BCUT2D eigenvalue weighted by Gasteiger charge is 2.21. The molecule has 2 aromatic heterocycles. The fourth-order valence-corrected chi connectivity index (χ4v) is 10.3. The number of rotatable bonds is 6. The molecule has 0 aliphatic carbocycles. The van der Waals surface area contributed by atoms with E-state index in [1.165, 1.54) is 64.0 Å². The van der Waals surface area contributed by atoms with Gasteiger partial charge in [-0.3, -0.25) is 0 Å². The second-order valence-corrected chi connectivity index (χ2v) is 16.3. The number of fused-ring (bicyclic) bond motifs is 8. The van der Waals surface area contributed by atoms with Crippen LogP contribution < -0.4 is 4.90 Å². The summed E-state index contributed by atoms with van der Waals surface area (Å²) in [5, 5.41) is 9.73. The molecular weight excluding hydrogens is 735 g/mol. The lowest BCUT2D eigenvalue weighted by Crippen LogP contribution is -2.11. The van der Waals surface area contributed by atoms with Crippen LogP contribution in [0, 0.1) is 0 Å². The van der Waals surface area contributed by atoms with Crippen molar-refractivity contribution in [3.63, 3.8) is 0 Å². The average Bonchev–Trinajstić information content (AvgIpc) is 3.87. The molecule has 2 nitrogen and oxygen atoms in total. The van der Waals surface area contributed by atoms with E-state index in [1.54, 1.807) is 0 Å². The van der Waals surface area contributed by atoms with E-state index in [2.05, 4.69) is 217 Å². The van der Waals surface area contributed by atoms with Crippen molar-refractivity contribution >= 4 is 92.1 Å². The highest BCUT2D eigenvalue weighted by Crippen LogP contribution is 2.47. The summed E-state index contributed by atoms with van der Waals surface area (Å²) in [4.78, 5) is 2.41. The van der Waals surface area contributed by atoms with E-state index < -0.39 is 0 Å². The minimum Gasteiger partial charge on any atom is -0.456 e. The molecule has 0 fully saturated rings. The van der Waals surface area contributed by atoms with Crippen molar-refractivity contribution in [3.8, 4) is 33.4 Å². The molecule has 0 radical (unpaired) electrons. The van der Waals surface area contributed by atoms with E-state index in [0.717, 1.165) is 50.1 Å². The molecule has 0 aliphatic rings. The van der Waals surface area contributed by atoms with Crippen molar-refractivity contribution in [3.05, 3.63) is 212 Å². The van der Waals surface area contributed by atoms with Crippen LogP contribution in [0.15, 0.2) is 217 Å². The third kappa shape index (κ3) is 5.55. The smallest absolute Gasteiger partial charge is 0.136 e. The van der Waals surface area contributed by atoms with E-state index in [-0.39, 0.29) is 0 Å². The number of hydrogen-bond donors (Lipinski definition) is 0. The number of hydrogen-bond acceptors (Lipinski definition) is 3. The minimum atomic E-state index is 0.883. The first kappa shape index (κ1) is 33.7. The van der Waals surface area contributed by atoms with Gasteiger partial charge in [0.15, 0.2) is 0 Å². The SMILES string of the molecule is c1ccc(N(c2ccc(-c3cccc4ccccc34)cc2)c2ccc(-c3cccc4c3sc3ccccc34)cc2)c(-c2cccc3oc4cc5ccccc5cc4c23)c1. The lowest BCUT2D eigenvalue weighted by atomic mass is 9.95. The number of anilines is 3. The summed E-state index contributed by atoms with van der Waals surface area (Å²) < 4.78 is 9.21. The Morgan fingerprint density at radius 3 is 1.73 bits per heavy atom. The van der Waals surface area contributed by atoms with Crippen LogP contribution in [0.5, 0.6) is 0 Å². The average molecular weight is 770 g/mol. The van der Waals surface area contributed by atoms with Gasteiger partial charge in [-0.2, -0.15) is 0 Å². The zero-order valence-corrected chi connectivity index (χ0v) is 32.8. The van der Waals surface area contributed by atoms with Crippen molar-refractivity contribution < 1.29 is 4.42 Å². The third-order valence-corrected chi connectivity index (χ3v) is 13.1. The Labute approximate surface area is 345 Å². The van der Waals surface area contributed by atoms with Gasteiger partial charge < -0.3 is 9.32 Å². The highest BCUT2D eigenvalue weighted by atomic mass is 32.1. The van der Waals surface area contributed by atoms with Crippen LogP contribution in [-0.4, -0.2) is 0 Å². The zero-order valence-electron chi connectivity index (χ0n) is 32.0. The van der Waals surface area contributed by atoms with Gasteiger partial charge in [-0.25, -0.2) is 0 Å². The van der Waals surface area contributed by atoms with Gasteiger partial charge in [-0.05, 0) is 104 Å². The molecule has 0 saturated heterocycles. The summed E-state index contributed by atoms with van der Waals surface area (Å²) in [5.41, 5.74) is 12.2. The quantitative estimate of drug-likeness (QED) is 0.167. The van der Waals surface area contributed by atoms with Crippen molar-refractivity contribution in [1.29, 1.82) is 0 Å². The van der Waals surface area contributed by atoms with Gasteiger partial charge in [-0.1, -0.05) is 158 Å². The summed E-state index contributed by atoms with van der Waals surface area (Å²) in [7, 11) is 0. The van der Waals surface area contributed by atoms with E-state index in [0.29, 0.717) is 0 Å². The van der Waals surface area contributed by atoms with Gasteiger partial charge in [0.25, 0.3) is 0 Å². The molecule has 0 unspecified atom stereocenters. The van der Waals surface area contributed by atoms with Gasteiger partial charge in [0.05, 0.1) is 5.69 Å². The first-order valence-electron chi connectivity index (χ1n) is 20.1. The predicted octanol–water partition coefficient (Wildman–Crippen LogP) is 16.7. The molecule has 0 aliphatic heterocycles.